The molecular weight excluding hydrogens is 350 g/mol. The molecule has 27 heavy (non-hydrogen) atoms. The van der Waals surface area contributed by atoms with Crippen LogP contribution in [-0.2, 0) is 17.8 Å². The summed E-state index contributed by atoms with van der Waals surface area (Å²) in [4.78, 5) is 16.9. The van der Waals surface area contributed by atoms with Crippen molar-refractivity contribution < 1.29 is 18.3 Å². The molecule has 1 amide bonds. The van der Waals surface area contributed by atoms with Gasteiger partial charge < -0.3 is 9.64 Å². The van der Waals surface area contributed by atoms with Gasteiger partial charge >= 0.3 is 6.61 Å². The molecule has 4 nitrogen and oxygen atoms in total. The normalized spacial score (nSPS) is 15.6. The highest BCUT2D eigenvalue weighted by molar-refractivity contribution is 5.78. The Morgan fingerprint density at radius 1 is 0.926 bits per heavy atom. The van der Waals surface area contributed by atoms with E-state index in [1.807, 2.05) is 23.1 Å². The van der Waals surface area contributed by atoms with Crippen molar-refractivity contribution in [1.29, 1.82) is 0 Å². The first-order chi connectivity index (χ1) is 13.1. The molecule has 1 heterocycles. The van der Waals surface area contributed by atoms with Gasteiger partial charge in [0.05, 0.1) is 6.42 Å². The summed E-state index contributed by atoms with van der Waals surface area (Å²) in [5, 5.41) is 0. The van der Waals surface area contributed by atoms with Crippen LogP contribution in [-0.4, -0.2) is 48.5 Å². The van der Waals surface area contributed by atoms with Crippen LogP contribution in [0.25, 0.3) is 0 Å². The van der Waals surface area contributed by atoms with E-state index in [9.17, 15) is 13.6 Å². The van der Waals surface area contributed by atoms with Gasteiger partial charge in [0.1, 0.15) is 5.75 Å². The maximum absolute atomic E-state index is 12.6. The van der Waals surface area contributed by atoms with E-state index in [1.54, 1.807) is 12.1 Å². The van der Waals surface area contributed by atoms with E-state index in [-0.39, 0.29) is 18.1 Å². The number of nitrogens with zero attached hydrogens (tertiary/aromatic N) is 2. The van der Waals surface area contributed by atoms with Gasteiger partial charge in [0.2, 0.25) is 5.91 Å². The lowest BCUT2D eigenvalue weighted by Gasteiger charge is -2.22. The second-order valence-electron chi connectivity index (χ2n) is 6.70. The van der Waals surface area contributed by atoms with E-state index >= 15 is 0 Å². The van der Waals surface area contributed by atoms with Gasteiger partial charge in [0, 0.05) is 32.7 Å². The van der Waals surface area contributed by atoms with Crippen molar-refractivity contribution in [3.8, 4) is 5.75 Å². The van der Waals surface area contributed by atoms with Gasteiger partial charge in [-0.2, -0.15) is 8.78 Å². The lowest BCUT2D eigenvalue weighted by Crippen LogP contribution is -2.36. The van der Waals surface area contributed by atoms with Gasteiger partial charge in [0.15, 0.2) is 0 Å². The molecule has 3 rings (SSSR count). The minimum Gasteiger partial charge on any atom is -0.435 e. The summed E-state index contributed by atoms with van der Waals surface area (Å²) < 4.78 is 28.7. The second-order valence-corrected chi connectivity index (χ2v) is 6.70. The van der Waals surface area contributed by atoms with E-state index in [1.165, 1.54) is 17.7 Å². The van der Waals surface area contributed by atoms with E-state index in [0.717, 1.165) is 38.2 Å². The second kappa shape index (κ2) is 9.46. The van der Waals surface area contributed by atoms with Crippen molar-refractivity contribution in [2.45, 2.75) is 26.0 Å². The van der Waals surface area contributed by atoms with Crippen LogP contribution in [0.2, 0.25) is 0 Å². The van der Waals surface area contributed by atoms with E-state index in [2.05, 4.69) is 21.8 Å². The van der Waals surface area contributed by atoms with Gasteiger partial charge in [-0.3, -0.25) is 9.69 Å². The highest BCUT2D eigenvalue weighted by atomic mass is 19.3. The summed E-state index contributed by atoms with van der Waals surface area (Å²) in [6.45, 7) is 1.33. The third-order valence-corrected chi connectivity index (χ3v) is 4.69. The summed E-state index contributed by atoms with van der Waals surface area (Å²) in [5.74, 6) is 0.173. The number of carbonyl (C=O) groups excluding carboxylic acids is 1. The molecular formula is C21H24F2N2O2. The minimum absolute atomic E-state index is 0.0686. The number of ether oxygens (including phenoxy) is 1. The van der Waals surface area contributed by atoms with Crippen LogP contribution < -0.4 is 4.74 Å². The van der Waals surface area contributed by atoms with E-state index in [0.29, 0.717) is 6.54 Å². The Bertz CT molecular complexity index is 723. The van der Waals surface area contributed by atoms with Crippen LogP contribution in [0.1, 0.15) is 17.5 Å². The van der Waals surface area contributed by atoms with Gasteiger partial charge in [-0.25, -0.2) is 0 Å². The van der Waals surface area contributed by atoms with Crippen LogP contribution in [0.15, 0.2) is 54.6 Å². The summed E-state index contributed by atoms with van der Waals surface area (Å²) in [6.07, 6.45) is 1.22. The molecule has 1 saturated heterocycles. The Morgan fingerprint density at radius 2 is 1.67 bits per heavy atom. The molecule has 0 atom stereocenters. The standard InChI is InChI=1S/C21H24F2N2O2/c22-21(23)27-19-9-7-17(8-10-19)15-20(26)25-12-4-11-24(13-14-25)16-18-5-2-1-3-6-18/h1-3,5-10,21H,4,11-16H2. The monoisotopic (exact) mass is 374 g/mol. The maximum Gasteiger partial charge on any atom is 0.387 e. The molecule has 0 spiro atoms. The first-order valence-corrected chi connectivity index (χ1v) is 9.18. The third kappa shape index (κ3) is 6.03. The number of benzene rings is 2. The Labute approximate surface area is 158 Å². The van der Waals surface area contributed by atoms with Crippen LogP contribution in [0.4, 0.5) is 8.78 Å². The smallest absolute Gasteiger partial charge is 0.387 e. The molecule has 1 fully saturated rings. The largest absolute Gasteiger partial charge is 0.435 e. The molecule has 0 saturated carbocycles. The first kappa shape index (κ1) is 19.3. The van der Waals surface area contributed by atoms with E-state index < -0.39 is 6.61 Å². The first-order valence-electron chi connectivity index (χ1n) is 9.18. The molecule has 2 aromatic carbocycles. The number of halogens is 2. The lowest BCUT2D eigenvalue weighted by atomic mass is 10.1. The van der Waals surface area contributed by atoms with Crippen molar-refractivity contribution >= 4 is 5.91 Å². The van der Waals surface area contributed by atoms with Crippen molar-refractivity contribution in [3.05, 3.63) is 65.7 Å². The van der Waals surface area contributed by atoms with Gasteiger partial charge in [-0.15, -0.1) is 0 Å². The van der Waals surface area contributed by atoms with Crippen molar-refractivity contribution in [1.82, 2.24) is 9.80 Å². The fraction of sp³-hybridized carbons (Fsp3) is 0.381. The Morgan fingerprint density at radius 3 is 2.37 bits per heavy atom. The number of alkyl halides is 2. The SMILES string of the molecule is O=C(Cc1ccc(OC(F)F)cc1)N1CCCN(Cc2ccccc2)CC1. The summed E-state index contributed by atoms with van der Waals surface area (Å²) in [7, 11) is 0. The fourth-order valence-electron chi connectivity index (χ4n) is 3.30. The molecule has 6 heteroatoms. The molecule has 144 valence electrons. The van der Waals surface area contributed by atoms with Gasteiger partial charge in [-0.1, -0.05) is 42.5 Å². The fourth-order valence-corrected chi connectivity index (χ4v) is 3.30. The predicted molar refractivity (Wildman–Crippen MR) is 99.7 cm³/mol. The predicted octanol–water partition coefficient (Wildman–Crippen LogP) is 3.57. The lowest BCUT2D eigenvalue weighted by molar-refractivity contribution is -0.130. The Hall–Kier alpha value is -2.47. The van der Waals surface area contributed by atoms with Crippen LogP contribution >= 0.6 is 0 Å². The number of rotatable bonds is 6. The average Bonchev–Trinajstić information content (AvgIpc) is 2.89. The Balaban J connectivity index is 1.50. The number of amides is 1. The van der Waals surface area contributed by atoms with E-state index in [4.69, 9.17) is 0 Å². The third-order valence-electron chi connectivity index (χ3n) is 4.69. The van der Waals surface area contributed by atoms with Crippen molar-refractivity contribution in [3.63, 3.8) is 0 Å². The van der Waals surface area contributed by atoms with Crippen molar-refractivity contribution in [2.24, 2.45) is 0 Å². The molecule has 0 unspecified atom stereocenters. The topological polar surface area (TPSA) is 32.8 Å². The quantitative estimate of drug-likeness (QED) is 0.775. The average molecular weight is 374 g/mol. The molecule has 1 aliphatic rings. The number of hydrogen-bond donors (Lipinski definition) is 0. The molecule has 1 aliphatic heterocycles. The van der Waals surface area contributed by atoms with Crippen LogP contribution in [0, 0.1) is 0 Å². The minimum atomic E-state index is -2.84. The highest BCUT2D eigenvalue weighted by Gasteiger charge is 2.19. The number of hydrogen-bond acceptors (Lipinski definition) is 3. The zero-order valence-electron chi connectivity index (χ0n) is 15.2. The molecule has 2 aromatic rings. The molecule has 0 aliphatic carbocycles. The summed E-state index contributed by atoms with van der Waals surface area (Å²) in [6, 6.07) is 16.6. The summed E-state index contributed by atoms with van der Waals surface area (Å²) >= 11 is 0. The molecule has 0 N–H and O–H groups in total. The van der Waals surface area contributed by atoms with Crippen LogP contribution in [0.3, 0.4) is 0 Å². The molecule has 0 bridgehead atoms. The highest BCUT2D eigenvalue weighted by Crippen LogP contribution is 2.16. The van der Waals surface area contributed by atoms with Crippen LogP contribution in [0.5, 0.6) is 5.75 Å². The molecule has 0 radical (unpaired) electrons. The zero-order valence-corrected chi connectivity index (χ0v) is 15.2. The van der Waals surface area contributed by atoms with Gasteiger partial charge in [0.25, 0.3) is 0 Å². The Kier molecular flexibility index (Phi) is 6.76. The maximum atomic E-state index is 12.6. The molecule has 0 aromatic heterocycles. The van der Waals surface area contributed by atoms with Crippen molar-refractivity contribution in [2.75, 3.05) is 26.2 Å². The zero-order chi connectivity index (χ0) is 19.1. The van der Waals surface area contributed by atoms with Gasteiger partial charge in [-0.05, 0) is 29.7 Å². The summed E-state index contributed by atoms with van der Waals surface area (Å²) in [5.41, 5.74) is 2.08. The number of carbonyl (C=O) groups is 1.